The lowest BCUT2D eigenvalue weighted by Crippen LogP contribution is -2.38. The van der Waals surface area contributed by atoms with E-state index in [1.807, 2.05) is 20.8 Å². The van der Waals surface area contributed by atoms with Gasteiger partial charge in [0.05, 0.1) is 12.6 Å². The van der Waals surface area contributed by atoms with Crippen LogP contribution >= 0.6 is 0 Å². The van der Waals surface area contributed by atoms with Gasteiger partial charge < -0.3 is 15.3 Å². The summed E-state index contributed by atoms with van der Waals surface area (Å²) >= 11 is 0. The fourth-order valence-electron chi connectivity index (χ4n) is 1.25. The minimum atomic E-state index is -0.397. The SMILES string of the molecule is CC(CO)N(C)C(=O)CCCNC(=O)C(C)(C)C. The van der Waals surface area contributed by atoms with Gasteiger partial charge in [-0.25, -0.2) is 0 Å². The van der Waals surface area contributed by atoms with Gasteiger partial charge in [-0.15, -0.1) is 0 Å². The molecule has 0 radical (unpaired) electrons. The van der Waals surface area contributed by atoms with Gasteiger partial charge in [-0.05, 0) is 13.3 Å². The summed E-state index contributed by atoms with van der Waals surface area (Å²) in [6.45, 7) is 7.81. The number of hydrogen-bond acceptors (Lipinski definition) is 3. The van der Waals surface area contributed by atoms with Gasteiger partial charge in [-0.1, -0.05) is 20.8 Å². The lowest BCUT2D eigenvalue weighted by Gasteiger charge is -2.23. The lowest BCUT2D eigenvalue weighted by molar-refractivity contribution is -0.133. The van der Waals surface area contributed by atoms with Gasteiger partial charge in [0.2, 0.25) is 11.8 Å². The molecule has 0 spiro atoms. The smallest absolute Gasteiger partial charge is 0.225 e. The Bertz CT molecular complexity index is 284. The third-order valence-electron chi connectivity index (χ3n) is 2.85. The molecule has 0 aliphatic rings. The summed E-state index contributed by atoms with van der Waals surface area (Å²) in [6, 6.07) is -0.165. The Labute approximate surface area is 110 Å². The van der Waals surface area contributed by atoms with Gasteiger partial charge >= 0.3 is 0 Å². The van der Waals surface area contributed by atoms with E-state index in [1.54, 1.807) is 14.0 Å². The first kappa shape index (κ1) is 16.9. The first-order valence-electron chi connectivity index (χ1n) is 6.35. The molecule has 0 aliphatic carbocycles. The molecule has 0 heterocycles. The topological polar surface area (TPSA) is 69.6 Å². The maximum absolute atomic E-state index is 11.7. The number of carbonyl (C=O) groups is 2. The van der Waals surface area contributed by atoms with Crippen LogP contribution in [0.4, 0.5) is 0 Å². The summed E-state index contributed by atoms with van der Waals surface area (Å²) in [5.74, 6) is -0.0198. The Morgan fingerprint density at radius 1 is 1.33 bits per heavy atom. The van der Waals surface area contributed by atoms with Crippen LogP contribution in [0.25, 0.3) is 0 Å². The molecule has 0 aromatic heterocycles. The van der Waals surface area contributed by atoms with Gasteiger partial charge in [0.25, 0.3) is 0 Å². The van der Waals surface area contributed by atoms with Gasteiger partial charge in [-0.3, -0.25) is 9.59 Å². The molecule has 2 amide bonds. The number of likely N-dealkylation sites (N-methyl/N-ethyl adjacent to an activating group) is 1. The Kier molecular flexibility index (Phi) is 6.91. The van der Waals surface area contributed by atoms with Crippen molar-refractivity contribution in [2.45, 2.75) is 46.6 Å². The van der Waals surface area contributed by atoms with Crippen molar-refractivity contribution in [3.05, 3.63) is 0 Å². The molecule has 0 saturated heterocycles. The molecule has 2 N–H and O–H groups in total. The highest BCUT2D eigenvalue weighted by molar-refractivity contribution is 5.81. The van der Waals surface area contributed by atoms with E-state index in [2.05, 4.69) is 5.32 Å². The van der Waals surface area contributed by atoms with Crippen LogP contribution in [0.1, 0.15) is 40.5 Å². The number of nitrogens with one attached hydrogen (secondary N) is 1. The van der Waals surface area contributed by atoms with Crippen molar-refractivity contribution in [2.75, 3.05) is 20.2 Å². The third-order valence-corrected chi connectivity index (χ3v) is 2.85. The van der Waals surface area contributed by atoms with Gasteiger partial charge in [0.1, 0.15) is 0 Å². The summed E-state index contributed by atoms with van der Waals surface area (Å²) in [6.07, 6.45) is 0.994. The summed E-state index contributed by atoms with van der Waals surface area (Å²) in [4.78, 5) is 24.8. The molecule has 0 aromatic rings. The maximum Gasteiger partial charge on any atom is 0.225 e. The minimum Gasteiger partial charge on any atom is -0.394 e. The van der Waals surface area contributed by atoms with Crippen LogP contribution in [0, 0.1) is 5.41 Å². The molecule has 0 bridgehead atoms. The first-order chi connectivity index (χ1) is 8.20. The van der Waals surface area contributed by atoms with E-state index in [0.717, 1.165) is 0 Å². The van der Waals surface area contributed by atoms with Gasteiger partial charge in [0.15, 0.2) is 0 Å². The Morgan fingerprint density at radius 2 is 1.89 bits per heavy atom. The molecule has 5 nitrogen and oxygen atoms in total. The zero-order valence-corrected chi connectivity index (χ0v) is 12.1. The number of carbonyl (C=O) groups excluding carboxylic acids is 2. The largest absolute Gasteiger partial charge is 0.394 e. The average molecular weight is 258 g/mol. The first-order valence-corrected chi connectivity index (χ1v) is 6.35. The second-order valence-corrected chi connectivity index (χ2v) is 5.65. The van der Waals surface area contributed by atoms with Crippen LogP contribution in [0.15, 0.2) is 0 Å². The summed E-state index contributed by atoms with van der Waals surface area (Å²) in [5.41, 5.74) is -0.397. The number of aliphatic hydroxyl groups excluding tert-OH is 1. The normalized spacial score (nSPS) is 13.0. The van der Waals surface area contributed by atoms with Crippen molar-refractivity contribution in [1.82, 2.24) is 10.2 Å². The third kappa shape index (κ3) is 6.00. The fraction of sp³-hybridized carbons (Fsp3) is 0.846. The lowest BCUT2D eigenvalue weighted by atomic mass is 9.96. The number of aliphatic hydroxyl groups is 1. The standard InChI is InChI=1S/C13H26N2O3/c1-10(9-16)15(5)11(17)7-6-8-14-12(18)13(2,3)4/h10,16H,6-9H2,1-5H3,(H,14,18). The van der Waals surface area contributed by atoms with Crippen LogP contribution in [-0.4, -0.2) is 48.1 Å². The summed E-state index contributed by atoms with van der Waals surface area (Å²) < 4.78 is 0. The molecular formula is C13H26N2O3. The van der Waals surface area contributed by atoms with Crippen LogP contribution in [0.2, 0.25) is 0 Å². The predicted molar refractivity (Wildman–Crippen MR) is 71.0 cm³/mol. The predicted octanol–water partition coefficient (Wildman–Crippen LogP) is 0.768. The highest BCUT2D eigenvalue weighted by Crippen LogP contribution is 2.12. The van der Waals surface area contributed by atoms with Crippen LogP contribution in [0.5, 0.6) is 0 Å². The molecule has 0 fully saturated rings. The molecule has 0 aromatic carbocycles. The van der Waals surface area contributed by atoms with E-state index in [0.29, 0.717) is 19.4 Å². The van der Waals surface area contributed by atoms with Crippen molar-refractivity contribution in [2.24, 2.45) is 5.41 Å². The van der Waals surface area contributed by atoms with Gasteiger partial charge in [-0.2, -0.15) is 0 Å². The Morgan fingerprint density at radius 3 is 2.33 bits per heavy atom. The minimum absolute atomic E-state index is 0.00738. The molecule has 0 rings (SSSR count). The van der Waals surface area contributed by atoms with Crippen LogP contribution < -0.4 is 5.32 Å². The molecule has 18 heavy (non-hydrogen) atoms. The van der Waals surface area contributed by atoms with Crippen LogP contribution in [0.3, 0.4) is 0 Å². The van der Waals surface area contributed by atoms with E-state index in [9.17, 15) is 9.59 Å². The van der Waals surface area contributed by atoms with E-state index in [4.69, 9.17) is 5.11 Å². The average Bonchev–Trinajstić information content (AvgIpc) is 2.30. The molecule has 1 unspecified atom stereocenters. The highest BCUT2D eigenvalue weighted by Gasteiger charge is 2.20. The van der Waals surface area contributed by atoms with Crippen molar-refractivity contribution in [3.63, 3.8) is 0 Å². The Hall–Kier alpha value is -1.10. The molecular weight excluding hydrogens is 232 g/mol. The number of rotatable bonds is 6. The zero-order valence-electron chi connectivity index (χ0n) is 12.1. The van der Waals surface area contributed by atoms with Crippen molar-refractivity contribution in [3.8, 4) is 0 Å². The van der Waals surface area contributed by atoms with E-state index in [1.165, 1.54) is 4.90 Å². The van der Waals surface area contributed by atoms with E-state index < -0.39 is 5.41 Å². The molecule has 0 saturated carbocycles. The monoisotopic (exact) mass is 258 g/mol. The Balaban J connectivity index is 3.86. The van der Waals surface area contributed by atoms with E-state index in [-0.39, 0.29) is 24.5 Å². The fourth-order valence-corrected chi connectivity index (χ4v) is 1.25. The maximum atomic E-state index is 11.7. The second kappa shape index (κ2) is 7.36. The second-order valence-electron chi connectivity index (χ2n) is 5.65. The number of amides is 2. The molecule has 5 heteroatoms. The highest BCUT2D eigenvalue weighted by atomic mass is 16.3. The quantitative estimate of drug-likeness (QED) is 0.691. The van der Waals surface area contributed by atoms with Gasteiger partial charge in [0, 0.05) is 25.4 Å². The van der Waals surface area contributed by atoms with Crippen LogP contribution in [-0.2, 0) is 9.59 Å². The summed E-state index contributed by atoms with van der Waals surface area (Å²) in [7, 11) is 1.68. The molecule has 106 valence electrons. The summed E-state index contributed by atoms with van der Waals surface area (Å²) in [5, 5.41) is 11.7. The van der Waals surface area contributed by atoms with Crippen molar-refractivity contribution in [1.29, 1.82) is 0 Å². The van der Waals surface area contributed by atoms with Crippen molar-refractivity contribution < 1.29 is 14.7 Å². The van der Waals surface area contributed by atoms with Crippen molar-refractivity contribution >= 4 is 11.8 Å². The molecule has 1 atom stereocenters. The number of nitrogens with zero attached hydrogens (tertiary/aromatic N) is 1. The number of hydrogen-bond donors (Lipinski definition) is 2. The van der Waals surface area contributed by atoms with E-state index >= 15 is 0 Å². The molecule has 0 aliphatic heterocycles. The zero-order chi connectivity index (χ0) is 14.3.